The molecule has 19 heavy (non-hydrogen) atoms. The summed E-state index contributed by atoms with van der Waals surface area (Å²) in [5, 5.41) is 9.64. The van der Waals surface area contributed by atoms with Gasteiger partial charge >= 0.3 is 10.2 Å². The highest BCUT2D eigenvalue weighted by Crippen LogP contribution is 2.13. The molecule has 0 aliphatic carbocycles. The molecule has 1 heterocycles. The summed E-state index contributed by atoms with van der Waals surface area (Å²) in [7, 11) is -2.20. The molecule has 0 aromatic carbocycles. The van der Waals surface area contributed by atoms with Crippen LogP contribution in [0.1, 0.15) is 5.56 Å². The zero-order chi connectivity index (χ0) is 14.8. The van der Waals surface area contributed by atoms with Gasteiger partial charge in [-0.1, -0.05) is 19.6 Å². The van der Waals surface area contributed by atoms with Gasteiger partial charge in [0.2, 0.25) is 0 Å². The van der Waals surface area contributed by atoms with Crippen molar-refractivity contribution >= 4 is 29.5 Å². The normalized spacial score (nSPS) is 13.1. The monoisotopic (exact) mass is 297 g/mol. The van der Waals surface area contributed by atoms with Crippen LogP contribution >= 0.6 is 0 Å². The number of aromatic nitrogens is 1. The van der Waals surface area contributed by atoms with Gasteiger partial charge in [0, 0.05) is 32.6 Å². The lowest BCUT2D eigenvalue weighted by Crippen LogP contribution is -2.38. The molecule has 1 rings (SSSR count). The molecule has 0 fully saturated rings. The van der Waals surface area contributed by atoms with Crippen molar-refractivity contribution in [1.29, 1.82) is 5.26 Å². The summed E-state index contributed by atoms with van der Waals surface area (Å²) in [6.45, 7) is 6.41. The summed E-state index contributed by atoms with van der Waals surface area (Å²) in [5.41, 5.74) is 0.797. The predicted octanol–water partition coefficient (Wildman–Crippen LogP) is 1.22. The molecule has 104 valence electrons. The molecule has 0 aliphatic rings. The molecule has 0 spiro atoms. The highest BCUT2D eigenvalue weighted by atomic mass is 32.2. The van der Waals surface area contributed by atoms with E-state index in [1.807, 2.05) is 6.07 Å². The number of allylic oxidation sites excluding steroid dienone is 1. The summed E-state index contributed by atoms with van der Waals surface area (Å²) < 4.78 is 26.6. The van der Waals surface area contributed by atoms with Crippen LogP contribution in [0.3, 0.4) is 0 Å². The molecule has 7 heteroatoms. The van der Waals surface area contributed by atoms with Crippen LogP contribution in [-0.4, -0.2) is 38.9 Å². The standard InChI is InChI=1S/C12H19N3O2SSi/c1-14(2)18(16,17)15-9-11(7-6-8-13)12(10-15)19(3,4)5/h6-7,9-10H,1-5H3/b7-6+. The average molecular weight is 297 g/mol. The Labute approximate surface area is 116 Å². The maximum absolute atomic E-state index is 12.1. The molecule has 1 aromatic rings. The summed E-state index contributed by atoms with van der Waals surface area (Å²) in [4.78, 5) is 0. The van der Waals surface area contributed by atoms with Crippen LogP contribution in [-0.2, 0) is 10.2 Å². The second kappa shape index (κ2) is 5.33. The fraction of sp³-hybridized carbons (Fsp3) is 0.417. The topological polar surface area (TPSA) is 66.1 Å². The fourth-order valence-corrected chi connectivity index (χ4v) is 4.15. The molecule has 0 bridgehead atoms. The van der Waals surface area contributed by atoms with Gasteiger partial charge in [-0.05, 0) is 16.8 Å². The van der Waals surface area contributed by atoms with Crippen molar-refractivity contribution in [3.8, 4) is 6.07 Å². The van der Waals surface area contributed by atoms with Crippen LogP contribution in [0.2, 0.25) is 19.6 Å². The molecule has 0 aliphatic heterocycles. The Hall–Kier alpha value is -1.36. The van der Waals surface area contributed by atoms with Crippen molar-refractivity contribution < 1.29 is 8.42 Å². The second-order valence-corrected chi connectivity index (χ2v) is 12.5. The summed E-state index contributed by atoms with van der Waals surface area (Å²) in [5.74, 6) is 0. The number of hydrogen-bond acceptors (Lipinski definition) is 3. The summed E-state index contributed by atoms with van der Waals surface area (Å²) >= 11 is 0. The minimum absolute atomic E-state index is 0.797. The number of rotatable bonds is 4. The Morgan fingerprint density at radius 1 is 1.32 bits per heavy atom. The smallest absolute Gasteiger partial charge is 0.240 e. The van der Waals surface area contributed by atoms with E-state index in [1.54, 1.807) is 18.5 Å². The second-order valence-electron chi connectivity index (χ2n) is 5.46. The molecular formula is C12H19N3O2SSi. The van der Waals surface area contributed by atoms with Gasteiger partial charge in [0.1, 0.15) is 0 Å². The van der Waals surface area contributed by atoms with Crippen LogP contribution in [0, 0.1) is 11.3 Å². The van der Waals surface area contributed by atoms with E-state index in [9.17, 15) is 8.42 Å². The fourth-order valence-electron chi connectivity index (χ4n) is 1.65. The van der Waals surface area contributed by atoms with Crippen molar-refractivity contribution in [2.45, 2.75) is 19.6 Å². The van der Waals surface area contributed by atoms with E-state index in [0.717, 1.165) is 10.8 Å². The molecule has 1 aromatic heterocycles. The van der Waals surface area contributed by atoms with Crippen LogP contribution in [0.4, 0.5) is 0 Å². The van der Waals surface area contributed by atoms with Crippen molar-refractivity contribution in [2.24, 2.45) is 0 Å². The Morgan fingerprint density at radius 3 is 2.32 bits per heavy atom. The Bertz CT molecular complexity index is 631. The first-order valence-electron chi connectivity index (χ1n) is 5.82. The minimum atomic E-state index is -3.51. The van der Waals surface area contributed by atoms with E-state index in [0.29, 0.717) is 0 Å². The van der Waals surface area contributed by atoms with Crippen molar-refractivity contribution in [2.75, 3.05) is 14.1 Å². The van der Waals surface area contributed by atoms with Crippen LogP contribution in [0.25, 0.3) is 6.08 Å². The molecule has 0 N–H and O–H groups in total. The van der Waals surface area contributed by atoms with Gasteiger partial charge in [-0.3, -0.25) is 0 Å². The van der Waals surface area contributed by atoms with E-state index < -0.39 is 18.3 Å². The van der Waals surface area contributed by atoms with Crippen LogP contribution in [0.5, 0.6) is 0 Å². The van der Waals surface area contributed by atoms with E-state index in [1.165, 1.54) is 28.4 Å². The van der Waals surface area contributed by atoms with E-state index in [4.69, 9.17) is 5.26 Å². The van der Waals surface area contributed by atoms with Gasteiger partial charge in [-0.2, -0.15) is 18.0 Å². The van der Waals surface area contributed by atoms with Gasteiger partial charge in [0.25, 0.3) is 0 Å². The van der Waals surface area contributed by atoms with Gasteiger partial charge < -0.3 is 0 Å². The first-order chi connectivity index (χ1) is 8.60. The predicted molar refractivity (Wildman–Crippen MR) is 80.1 cm³/mol. The van der Waals surface area contributed by atoms with Gasteiger partial charge in [-0.25, -0.2) is 3.97 Å². The maximum atomic E-state index is 12.1. The first-order valence-corrected chi connectivity index (χ1v) is 10.7. The number of nitrogens with zero attached hydrogens (tertiary/aromatic N) is 3. The third-order valence-electron chi connectivity index (χ3n) is 2.71. The summed E-state index contributed by atoms with van der Waals surface area (Å²) in [6.07, 6.45) is 6.26. The Morgan fingerprint density at radius 2 is 1.89 bits per heavy atom. The Kier molecular flexibility index (Phi) is 4.40. The molecule has 5 nitrogen and oxygen atoms in total. The lowest BCUT2D eigenvalue weighted by molar-refractivity contribution is 0.511. The van der Waals surface area contributed by atoms with Crippen molar-refractivity contribution in [1.82, 2.24) is 8.28 Å². The third-order valence-corrected chi connectivity index (χ3v) is 6.41. The molecule has 0 radical (unpaired) electrons. The van der Waals surface area contributed by atoms with Gasteiger partial charge in [-0.15, -0.1) is 0 Å². The summed E-state index contributed by atoms with van der Waals surface area (Å²) in [6, 6.07) is 1.93. The first kappa shape index (κ1) is 15.7. The highest BCUT2D eigenvalue weighted by molar-refractivity contribution is 7.87. The zero-order valence-electron chi connectivity index (χ0n) is 11.9. The Balaban J connectivity index is 3.47. The molecular weight excluding hydrogens is 278 g/mol. The molecule has 0 saturated heterocycles. The third kappa shape index (κ3) is 3.35. The average Bonchev–Trinajstić information content (AvgIpc) is 2.70. The lowest BCUT2D eigenvalue weighted by atomic mass is 10.3. The van der Waals surface area contributed by atoms with Crippen LogP contribution < -0.4 is 5.19 Å². The van der Waals surface area contributed by atoms with Gasteiger partial charge in [0.05, 0.1) is 14.1 Å². The maximum Gasteiger partial charge on any atom is 0.306 e. The van der Waals surface area contributed by atoms with Gasteiger partial charge in [0.15, 0.2) is 0 Å². The molecule has 0 amide bonds. The SMILES string of the molecule is CN(C)S(=O)(=O)n1cc(/C=C/C#N)c([Si](C)(C)C)c1. The lowest BCUT2D eigenvalue weighted by Gasteiger charge is -2.16. The minimum Gasteiger partial charge on any atom is -0.240 e. The van der Waals surface area contributed by atoms with Crippen molar-refractivity contribution in [3.05, 3.63) is 24.0 Å². The van der Waals surface area contributed by atoms with Crippen LogP contribution in [0.15, 0.2) is 18.5 Å². The zero-order valence-corrected chi connectivity index (χ0v) is 13.7. The van der Waals surface area contributed by atoms with E-state index in [-0.39, 0.29) is 0 Å². The highest BCUT2D eigenvalue weighted by Gasteiger charge is 2.25. The van der Waals surface area contributed by atoms with E-state index in [2.05, 4.69) is 19.6 Å². The quantitative estimate of drug-likeness (QED) is 0.620. The number of nitriles is 1. The van der Waals surface area contributed by atoms with Crippen molar-refractivity contribution in [3.63, 3.8) is 0 Å². The molecule has 0 unspecified atom stereocenters. The molecule has 0 atom stereocenters. The van der Waals surface area contributed by atoms with E-state index >= 15 is 0 Å². The largest absolute Gasteiger partial charge is 0.306 e. The number of hydrogen-bond donors (Lipinski definition) is 0. The molecule has 0 saturated carbocycles.